The lowest BCUT2D eigenvalue weighted by atomic mass is 9.84. The second-order valence-corrected chi connectivity index (χ2v) is 7.81. The predicted molar refractivity (Wildman–Crippen MR) is 90.8 cm³/mol. The summed E-state index contributed by atoms with van der Waals surface area (Å²) in [6, 6.07) is 0. The van der Waals surface area contributed by atoms with E-state index in [4.69, 9.17) is 4.74 Å². The molecule has 4 nitrogen and oxygen atoms in total. The van der Waals surface area contributed by atoms with Crippen LogP contribution in [0.15, 0.2) is 6.33 Å². The van der Waals surface area contributed by atoms with Gasteiger partial charge >= 0.3 is 0 Å². The van der Waals surface area contributed by atoms with Crippen molar-refractivity contribution < 1.29 is 4.74 Å². The molecular weight excluding hydrogens is 294 g/mol. The minimum Gasteiger partial charge on any atom is -0.381 e. The maximum Gasteiger partial charge on any atom is 0.141 e. The molecule has 2 aromatic heterocycles. The summed E-state index contributed by atoms with van der Waals surface area (Å²) in [5.74, 6) is 2.77. The Kier molecular flexibility index (Phi) is 3.78. The Bertz CT molecular complexity index is 670. The van der Waals surface area contributed by atoms with E-state index in [1.54, 1.807) is 17.7 Å². The molecule has 0 radical (unpaired) electrons. The molecule has 2 aromatic rings. The molecule has 1 atom stereocenters. The molecule has 2 fully saturated rings. The normalized spacial score (nSPS) is 23.5. The molecular formula is C17H23N3OS. The van der Waals surface area contributed by atoms with E-state index < -0.39 is 0 Å². The van der Waals surface area contributed by atoms with Gasteiger partial charge in [0.1, 0.15) is 17.0 Å². The molecule has 0 aliphatic carbocycles. The first-order valence-corrected chi connectivity index (χ1v) is 9.09. The summed E-state index contributed by atoms with van der Waals surface area (Å²) in [5, 5.41) is 1.27. The van der Waals surface area contributed by atoms with Gasteiger partial charge in [-0.3, -0.25) is 0 Å². The topological polar surface area (TPSA) is 38.2 Å². The van der Waals surface area contributed by atoms with Crippen molar-refractivity contribution in [2.45, 2.75) is 33.1 Å². The van der Waals surface area contributed by atoms with Crippen molar-refractivity contribution in [3.8, 4) is 0 Å². The fraction of sp³-hybridized carbons (Fsp3) is 0.647. The predicted octanol–water partition coefficient (Wildman–Crippen LogP) is 3.56. The van der Waals surface area contributed by atoms with E-state index in [0.717, 1.165) is 48.8 Å². The number of aryl methyl sites for hydroxylation is 2. The highest BCUT2D eigenvalue weighted by atomic mass is 32.1. The van der Waals surface area contributed by atoms with Gasteiger partial charge in [0.05, 0.1) is 5.39 Å². The Morgan fingerprint density at radius 1 is 1.14 bits per heavy atom. The number of fused-ring (bicyclic) bond motifs is 1. The molecule has 0 saturated carbocycles. The van der Waals surface area contributed by atoms with Crippen molar-refractivity contribution in [2.24, 2.45) is 11.8 Å². The van der Waals surface area contributed by atoms with Gasteiger partial charge in [0.2, 0.25) is 0 Å². The molecule has 0 N–H and O–H groups in total. The zero-order chi connectivity index (χ0) is 15.1. The SMILES string of the molecule is Cc1sc2ncnc(N3CCC(C4CCOC4)CC3)c2c1C. The lowest BCUT2D eigenvalue weighted by molar-refractivity contribution is 0.164. The second-order valence-electron chi connectivity index (χ2n) is 6.61. The minimum atomic E-state index is 0.790. The fourth-order valence-corrected chi connectivity index (χ4v) is 4.90. The van der Waals surface area contributed by atoms with Gasteiger partial charge < -0.3 is 9.64 Å². The first-order chi connectivity index (χ1) is 10.7. The van der Waals surface area contributed by atoms with E-state index in [-0.39, 0.29) is 0 Å². The van der Waals surface area contributed by atoms with E-state index in [1.165, 1.54) is 35.1 Å². The molecule has 0 bridgehead atoms. The van der Waals surface area contributed by atoms with E-state index in [0.29, 0.717) is 0 Å². The Hall–Kier alpha value is -1.20. The zero-order valence-electron chi connectivity index (χ0n) is 13.3. The van der Waals surface area contributed by atoms with Gasteiger partial charge in [-0.2, -0.15) is 0 Å². The average molecular weight is 317 g/mol. The molecule has 5 heteroatoms. The van der Waals surface area contributed by atoms with Crippen LogP contribution < -0.4 is 4.90 Å². The number of hydrogen-bond acceptors (Lipinski definition) is 5. The molecule has 4 heterocycles. The third-order valence-electron chi connectivity index (χ3n) is 5.42. The summed E-state index contributed by atoms with van der Waals surface area (Å²) in [7, 11) is 0. The van der Waals surface area contributed by atoms with Crippen LogP contribution in [0.25, 0.3) is 10.2 Å². The summed E-state index contributed by atoms with van der Waals surface area (Å²) in [6.45, 7) is 8.54. The van der Waals surface area contributed by atoms with E-state index in [9.17, 15) is 0 Å². The number of rotatable bonds is 2. The van der Waals surface area contributed by atoms with Crippen LogP contribution in [0.5, 0.6) is 0 Å². The molecule has 0 aromatic carbocycles. The van der Waals surface area contributed by atoms with Crippen LogP contribution in [0.2, 0.25) is 0 Å². The number of anilines is 1. The molecule has 0 spiro atoms. The lowest BCUT2D eigenvalue weighted by Gasteiger charge is -2.35. The monoisotopic (exact) mass is 317 g/mol. The van der Waals surface area contributed by atoms with Gasteiger partial charge in [-0.25, -0.2) is 9.97 Å². The van der Waals surface area contributed by atoms with Gasteiger partial charge in [-0.1, -0.05) is 0 Å². The van der Waals surface area contributed by atoms with Crippen molar-refractivity contribution in [2.75, 3.05) is 31.2 Å². The van der Waals surface area contributed by atoms with Crippen molar-refractivity contribution >= 4 is 27.4 Å². The maximum atomic E-state index is 5.57. The quantitative estimate of drug-likeness (QED) is 0.849. The molecule has 0 amide bonds. The van der Waals surface area contributed by atoms with Gasteiger partial charge in [-0.05, 0) is 50.5 Å². The number of ether oxygens (including phenoxy) is 1. The molecule has 2 aliphatic rings. The molecule has 4 rings (SSSR count). The lowest BCUT2D eigenvalue weighted by Crippen LogP contribution is -2.37. The number of nitrogens with zero attached hydrogens (tertiary/aromatic N) is 3. The maximum absolute atomic E-state index is 5.57. The number of thiophene rings is 1. The number of hydrogen-bond donors (Lipinski definition) is 0. The first-order valence-electron chi connectivity index (χ1n) is 8.27. The zero-order valence-corrected chi connectivity index (χ0v) is 14.2. The third kappa shape index (κ3) is 2.40. The Morgan fingerprint density at radius 3 is 2.68 bits per heavy atom. The second kappa shape index (κ2) is 5.78. The van der Waals surface area contributed by atoms with Crippen LogP contribution in [-0.2, 0) is 4.74 Å². The van der Waals surface area contributed by atoms with Crippen molar-refractivity contribution in [1.82, 2.24) is 9.97 Å². The van der Waals surface area contributed by atoms with Crippen LogP contribution in [0, 0.1) is 25.7 Å². The Morgan fingerprint density at radius 2 is 1.95 bits per heavy atom. The average Bonchev–Trinajstić information content (AvgIpc) is 3.17. The van der Waals surface area contributed by atoms with Crippen LogP contribution in [0.3, 0.4) is 0 Å². The summed E-state index contributed by atoms with van der Waals surface area (Å²) < 4.78 is 5.57. The highest BCUT2D eigenvalue weighted by molar-refractivity contribution is 7.18. The number of piperidine rings is 1. The van der Waals surface area contributed by atoms with Gasteiger partial charge in [0.15, 0.2) is 0 Å². The molecule has 1 unspecified atom stereocenters. The van der Waals surface area contributed by atoms with Gasteiger partial charge in [0, 0.05) is 31.2 Å². The van der Waals surface area contributed by atoms with Crippen LogP contribution in [0.1, 0.15) is 29.7 Å². The Labute approximate surface area is 135 Å². The molecule has 118 valence electrons. The van der Waals surface area contributed by atoms with Crippen molar-refractivity contribution in [1.29, 1.82) is 0 Å². The third-order valence-corrected chi connectivity index (χ3v) is 6.53. The van der Waals surface area contributed by atoms with Crippen molar-refractivity contribution in [3.05, 3.63) is 16.8 Å². The molecule has 2 aliphatic heterocycles. The molecule has 22 heavy (non-hydrogen) atoms. The standard InChI is InChI=1S/C17H23N3OS/c1-11-12(2)22-17-15(11)16(18-10-19-17)20-6-3-13(4-7-20)14-5-8-21-9-14/h10,13-14H,3-9H2,1-2H3. The number of aromatic nitrogens is 2. The highest BCUT2D eigenvalue weighted by Gasteiger charge is 2.30. The van der Waals surface area contributed by atoms with E-state index >= 15 is 0 Å². The summed E-state index contributed by atoms with van der Waals surface area (Å²) in [6.07, 6.45) is 5.51. The summed E-state index contributed by atoms with van der Waals surface area (Å²) in [4.78, 5) is 14.0. The summed E-state index contributed by atoms with van der Waals surface area (Å²) >= 11 is 1.78. The van der Waals surface area contributed by atoms with Crippen LogP contribution in [-0.4, -0.2) is 36.3 Å². The van der Waals surface area contributed by atoms with Gasteiger partial charge in [0.25, 0.3) is 0 Å². The van der Waals surface area contributed by atoms with Crippen LogP contribution >= 0.6 is 11.3 Å². The largest absolute Gasteiger partial charge is 0.381 e. The first kappa shape index (κ1) is 14.4. The van der Waals surface area contributed by atoms with Gasteiger partial charge in [-0.15, -0.1) is 11.3 Å². The molecule has 2 saturated heterocycles. The highest BCUT2D eigenvalue weighted by Crippen LogP contribution is 2.37. The summed E-state index contributed by atoms with van der Waals surface area (Å²) in [5.41, 5.74) is 1.35. The minimum absolute atomic E-state index is 0.790. The van der Waals surface area contributed by atoms with E-state index in [1.807, 2.05) is 0 Å². The fourth-order valence-electron chi connectivity index (χ4n) is 3.91. The smallest absolute Gasteiger partial charge is 0.141 e. The Balaban J connectivity index is 1.56. The van der Waals surface area contributed by atoms with Crippen LogP contribution in [0.4, 0.5) is 5.82 Å². The van der Waals surface area contributed by atoms with E-state index in [2.05, 4.69) is 28.7 Å². The van der Waals surface area contributed by atoms with Crippen molar-refractivity contribution in [3.63, 3.8) is 0 Å².